The molecule has 0 fully saturated rings. The van der Waals surface area contributed by atoms with E-state index in [9.17, 15) is 18.0 Å². The fourth-order valence-electron chi connectivity index (χ4n) is 1.88. The third-order valence-corrected chi connectivity index (χ3v) is 4.95. The van der Waals surface area contributed by atoms with Crippen molar-refractivity contribution in [2.45, 2.75) is 0 Å². The van der Waals surface area contributed by atoms with Crippen molar-refractivity contribution in [3.63, 3.8) is 0 Å². The van der Waals surface area contributed by atoms with Crippen LogP contribution in [-0.2, 0) is 19.6 Å². The van der Waals surface area contributed by atoms with Crippen molar-refractivity contribution < 1.29 is 23.1 Å². The number of sulfonamides is 1. The van der Waals surface area contributed by atoms with Gasteiger partial charge in [-0.05, 0) is 12.2 Å². The van der Waals surface area contributed by atoms with Crippen molar-refractivity contribution in [1.29, 1.82) is 0 Å². The maximum atomic E-state index is 12.1. The van der Waals surface area contributed by atoms with Crippen molar-refractivity contribution in [1.82, 2.24) is 10.2 Å². The SMILES string of the molecule is O=C(O)CSCCNC(=O)C1=CC=CN2CCS(=O)(=O)N=C12. The number of allylic oxidation sites excluding steroid dienone is 2. The highest BCUT2D eigenvalue weighted by Crippen LogP contribution is 2.17. The Morgan fingerprint density at radius 2 is 2.23 bits per heavy atom. The molecule has 0 unspecified atom stereocenters. The highest BCUT2D eigenvalue weighted by Gasteiger charge is 2.29. The molecule has 0 aromatic heterocycles. The van der Waals surface area contributed by atoms with Crippen LogP contribution >= 0.6 is 11.8 Å². The van der Waals surface area contributed by atoms with Crippen molar-refractivity contribution in [3.8, 4) is 0 Å². The molecule has 2 rings (SSSR count). The zero-order chi connectivity index (χ0) is 16.2. The standard InChI is InChI=1S/C12H15N3O5S2/c16-10(17)8-21-6-3-13-12(18)9-2-1-4-15-5-7-22(19,20)14-11(9)15/h1-2,4H,3,5-8H2,(H,13,18)(H,16,17). The number of fused-ring (bicyclic) bond motifs is 1. The van der Waals surface area contributed by atoms with Crippen molar-refractivity contribution in [2.75, 3.05) is 30.3 Å². The summed E-state index contributed by atoms with van der Waals surface area (Å²) < 4.78 is 26.8. The summed E-state index contributed by atoms with van der Waals surface area (Å²) in [5, 5.41) is 11.1. The van der Waals surface area contributed by atoms with Crippen molar-refractivity contribution >= 4 is 39.5 Å². The summed E-state index contributed by atoms with van der Waals surface area (Å²) in [7, 11) is -3.54. The molecule has 0 spiro atoms. The van der Waals surface area contributed by atoms with E-state index in [0.717, 1.165) is 0 Å². The number of nitrogens with one attached hydrogen (secondary N) is 1. The topological polar surface area (TPSA) is 116 Å². The highest BCUT2D eigenvalue weighted by molar-refractivity contribution is 7.99. The maximum Gasteiger partial charge on any atom is 0.313 e. The Hall–Kier alpha value is -1.81. The van der Waals surface area contributed by atoms with Gasteiger partial charge in [0.2, 0.25) is 0 Å². The van der Waals surface area contributed by atoms with Gasteiger partial charge in [0.1, 0.15) is 0 Å². The number of carboxylic acid groups (broad SMARTS) is 1. The molecule has 1 amide bonds. The number of rotatable bonds is 6. The van der Waals surface area contributed by atoms with Crippen LogP contribution in [0, 0.1) is 0 Å². The Morgan fingerprint density at radius 1 is 1.45 bits per heavy atom. The highest BCUT2D eigenvalue weighted by atomic mass is 32.2. The minimum Gasteiger partial charge on any atom is -0.481 e. The lowest BCUT2D eigenvalue weighted by Gasteiger charge is -2.28. The summed E-state index contributed by atoms with van der Waals surface area (Å²) in [5.41, 5.74) is 0.189. The molecule has 120 valence electrons. The van der Waals surface area contributed by atoms with Gasteiger partial charge >= 0.3 is 5.97 Å². The Kier molecular flexibility index (Phi) is 5.24. The zero-order valence-electron chi connectivity index (χ0n) is 11.6. The molecule has 0 aromatic rings. The number of hydrogen-bond donors (Lipinski definition) is 2. The molecule has 22 heavy (non-hydrogen) atoms. The smallest absolute Gasteiger partial charge is 0.313 e. The molecule has 0 bridgehead atoms. The van der Waals surface area contributed by atoms with Crippen LogP contribution < -0.4 is 5.32 Å². The Labute approximate surface area is 132 Å². The number of nitrogens with zero attached hydrogens (tertiary/aromatic N) is 2. The normalized spacial score (nSPS) is 19.0. The first kappa shape index (κ1) is 16.6. The van der Waals surface area contributed by atoms with Crippen LogP contribution in [0.3, 0.4) is 0 Å². The van der Waals surface area contributed by atoms with Crippen LogP contribution in [-0.4, -0.2) is 66.5 Å². The van der Waals surface area contributed by atoms with Gasteiger partial charge in [-0.1, -0.05) is 0 Å². The summed E-state index contributed by atoms with van der Waals surface area (Å²) in [4.78, 5) is 24.1. The van der Waals surface area contributed by atoms with Gasteiger partial charge in [0.05, 0.1) is 17.1 Å². The second kappa shape index (κ2) is 6.97. The number of carbonyl (C=O) groups excluding carboxylic acids is 1. The zero-order valence-corrected chi connectivity index (χ0v) is 13.2. The molecule has 8 nitrogen and oxygen atoms in total. The van der Waals surface area contributed by atoms with Crippen LogP contribution in [0.2, 0.25) is 0 Å². The van der Waals surface area contributed by atoms with Gasteiger partial charge in [-0.3, -0.25) is 9.59 Å². The van der Waals surface area contributed by atoms with Crippen LogP contribution in [0.1, 0.15) is 0 Å². The summed E-state index contributed by atoms with van der Waals surface area (Å²) in [6.45, 7) is 0.550. The average molecular weight is 345 g/mol. The summed E-state index contributed by atoms with van der Waals surface area (Å²) in [6, 6.07) is 0. The van der Waals surface area contributed by atoms with Crippen molar-refractivity contribution in [2.24, 2.45) is 4.40 Å². The average Bonchev–Trinajstić information content (AvgIpc) is 2.44. The van der Waals surface area contributed by atoms with Crippen LogP contribution in [0.4, 0.5) is 0 Å². The van der Waals surface area contributed by atoms with E-state index < -0.39 is 21.9 Å². The largest absolute Gasteiger partial charge is 0.481 e. The quantitative estimate of drug-likeness (QED) is 0.619. The Morgan fingerprint density at radius 3 is 2.95 bits per heavy atom. The van der Waals surface area contributed by atoms with E-state index in [1.807, 2.05) is 0 Å². The predicted molar refractivity (Wildman–Crippen MR) is 83.1 cm³/mol. The van der Waals surface area contributed by atoms with E-state index in [1.165, 1.54) is 17.8 Å². The number of amidine groups is 1. The minimum absolute atomic E-state index is 0.0277. The first-order chi connectivity index (χ1) is 10.4. The molecule has 0 radical (unpaired) electrons. The third kappa shape index (κ3) is 4.34. The molecule has 0 atom stereocenters. The lowest BCUT2D eigenvalue weighted by Crippen LogP contribution is -2.42. The molecule has 0 saturated heterocycles. The number of carboxylic acids is 1. The molecule has 10 heteroatoms. The fourth-order valence-corrected chi connectivity index (χ4v) is 3.44. The molecule has 2 N–H and O–H groups in total. The number of aliphatic carboxylic acids is 1. The van der Waals surface area contributed by atoms with Gasteiger partial charge in [-0.15, -0.1) is 16.2 Å². The lowest BCUT2D eigenvalue weighted by atomic mass is 10.1. The van der Waals surface area contributed by atoms with Crippen LogP contribution in [0.5, 0.6) is 0 Å². The van der Waals surface area contributed by atoms with Crippen molar-refractivity contribution in [3.05, 3.63) is 23.9 Å². The van der Waals surface area contributed by atoms with E-state index in [4.69, 9.17) is 5.11 Å². The summed E-state index contributed by atoms with van der Waals surface area (Å²) in [6.07, 6.45) is 4.84. The molecule has 0 aromatic carbocycles. The molecular weight excluding hydrogens is 330 g/mol. The predicted octanol–water partition coefficient (Wildman–Crippen LogP) is -0.582. The first-order valence-electron chi connectivity index (χ1n) is 6.45. The van der Waals surface area contributed by atoms with Crippen LogP contribution in [0.15, 0.2) is 28.3 Å². The summed E-state index contributed by atoms with van der Waals surface area (Å²) in [5.74, 6) is -0.864. The number of carbonyl (C=O) groups is 2. The molecule has 0 aliphatic carbocycles. The molecule has 0 saturated carbocycles. The number of amides is 1. The van der Waals surface area contributed by atoms with Gasteiger partial charge in [-0.25, -0.2) is 8.42 Å². The molecule has 2 aliphatic heterocycles. The molecular formula is C12H15N3O5S2. The molecule has 2 heterocycles. The Balaban J connectivity index is 1.97. The van der Waals surface area contributed by atoms with E-state index in [0.29, 0.717) is 5.75 Å². The second-order valence-electron chi connectivity index (χ2n) is 4.52. The van der Waals surface area contributed by atoms with E-state index >= 15 is 0 Å². The van der Waals surface area contributed by atoms with Gasteiger partial charge < -0.3 is 15.3 Å². The van der Waals surface area contributed by atoms with E-state index in [-0.39, 0.29) is 36.0 Å². The third-order valence-electron chi connectivity index (χ3n) is 2.86. The van der Waals surface area contributed by atoms with Gasteiger partial charge in [0.15, 0.2) is 5.84 Å². The van der Waals surface area contributed by atoms with Gasteiger partial charge in [-0.2, -0.15) is 0 Å². The van der Waals surface area contributed by atoms with E-state index in [2.05, 4.69) is 9.71 Å². The minimum atomic E-state index is -3.54. The first-order valence-corrected chi connectivity index (χ1v) is 9.21. The van der Waals surface area contributed by atoms with E-state index in [1.54, 1.807) is 17.2 Å². The number of thioether (sulfide) groups is 1. The Bertz CT molecular complexity index is 666. The maximum absolute atomic E-state index is 12.1. The number of hydrogen-bond acceptors (Lipinski definition) is 6. The lowest BCUT2D eigenvalue weighted by molar-refractivity contribution is -0.133. The van der Waals surface area contributed by atoms with Crippen LogP contribution in [0.25, 0.3) is 0 Å². The second-order valence-corrected chi connectivity index (χ2v) is 7.38. The fraction of sp³-hybridized carbons (Fsp3) is 0.417. The van der Waals surface area contributed by atoms with Gasteiger partial charge in [0.25, 0.3) is 15.9 Å². The van der Waals surface area contributed by atoms with Gasteiger partial charge in [0, 0.05) is 25.0 Å². The molecule has 2 aliphatic rings. The summed E-state index contributed by atoms with van der Waals surface area (Å²) >= 11 is 1.19. The monoisotopic (exact) mass is 345 g/mol.